The van der Waals surface area contributed by atoms with Crippen molar-refractivity contribution >= 4 is 23.1 Å². The van der Waals surface area contributed by atoms with Crippen LogP contribution in [-0.2, 0) is 0 Å². The first-order valence-electron chi connectivity index (χ1n) is 6.43. The Kier molecular flexibility index (Phi) is 4.50. The van der Waals surface area contributed by atoms with Crippen LogP contribution in [0.2, 0.25) is 0 Å². The third-order valence-corrected chi connectivity index (χ3v) is 3.71. The second-order valence-electron chi connectivity index (χ2n) is 5.07. The van der Waals surface area contributed by atoms with E-state index in [1.165, 1.54) is 0 Å². The summed E-state index contributed by atoms with van der Waals surface area (Å²) in [4.78, 5) is 14.6. The van der Waals surface area contributed by atoms with Crippen LogP contribution in [-0.4, -0.2) is 42.5 Å². The number of amides is 1. The molecule has 1 aromatic rings. The van der Waals surface area contributed by atoms with Crippen LogP contribution in [0.3, 0.4) is 0 Å². The van der Waals surface area contributed by atoms with Crippen LogP contribution in [0, 0.1) is 5.92 Å². The first kappa shape index (κ1) is 14.0. The number of nitrogens with zero attached hydrogens (tertiary/aromatic N) is 1. The van der Waals surface area contributed by atoms with E-state index in [0.717, 1.165) is 31.6 Å². The van der Waals surface area contributed by atoms with Crippen molar-refractivity contribution in [3.05, 3.63) is 35.4 Å². The van der Waals surface area contributed by atoms with Gasteiger partial charge in [-0.05, 0) is 38.1 Å². The molecule has 1 atom stereocenters. The Hall–Kier alpha value is -1.46. The molecule has 102 valence electrons. The Morgan fingerprint density at radius 1 is 1.42 bits per heavy atom. The Bertz CT molecular complexity index is 472. The van der Waals surface area contributed by atoms with Gasteiger partial charge in [-0.15, -0.1) is 0 Å². The molecule has 1 amide bonds. The van der Waals surface area contributed by atoms with Gasteiger partial charge >= 0.3 is 0 Å². The van der Waals surface area contributed by atoms with E-state index in [0.29, 0.717) is 16.5 Å². The van der Waals surface area contributed by atoms with Crippen molar-refractivity contribution in [2.24, 2.45) is 11.7 Å². The highest BCUT2D eigenvalue weighted by Crippen LogP contribution is 2.13. The highest BCUT2D eigenvalue weighted by atomic mass is 32.1. The summed E-state index contributed by atoms with van der Waals surface area (Å²) in [6.07, 6.45) is 1.15. The lowest BCUT2D eigenvalue weighted by molar-refractivity contribution is 0.0947. The zero-order valence-electron chi connectivity index (χ0n) is 11.1. The van der Waals surface area contributed by atoms with Crippen molar-refractivity contribution in [3.63, 3.8) is 0 Å². The number of likely N-dealkylation sites (tertiary alicyclic amines) is 1. The maximum absolute atomic E-state index is 12.0. The SMILES string of the molecule is CN1CCC(CNC(=O)c2ccc(C(N)=S)cc2)C1. The van der Waals surface area contributed by atoms with Gasteiger partial charge in [-0.1, -0.05) is 24.4 Å². The predicted octanol–water partition coefficient (Wildman–Crippen LogP) is 1.00. The van der Waals surface area contributed by atoms with Crippen LogP contribution < -0.4 is 11.1 Å². The number of hydrogen-bond acceptors (Lipinski definition) is 3. The lowest BCUT2D eigenvalue weighted by atomic mass is 10.1. The van der Waals surface area contributed by atoms with Crippen molar-refractivity contribution in [2.45, 2.75) is 6.42 Å². The summed E-state index contributed by atoms with van der Waals surface area (Å²) in [5, 5.41) is 2.98. The van der Waals surface area contributed by atoms with Gasteiger partial charge in [0.2, 0.25) is 0 Å². The molecule has 3 N–H and O–H groups in total. The average Bonchev–Trinajstić information content (AvgIpc) is 2.82. The highest BCUT2D eigenvalue weighted by Gasteiger charge is 2.19. The highest BCUT2D eigenvalue weighted by molar-refractivity contribution is 7.80. The maximum Gasteiger partial charge on any atom is 0.251 e. The number of rotatable bonds is 4. The van der Waals surface area contributed by atoms with Crippen LogP contribution in [0.25, 0.3) is 0 Å². The number of carbonyl (C=O) groups is 1. The molecule has 1 unspecified atom stereocenters. The number of benzene rings is 1. The van der Waals surface area contributed by atoms with E-state index in [1.54, 1.807) is 24.3 Å². The molecule has 1 aliphatic rings. The van der Waals surface area contributed by atoms with Crippen molar-refractivity contribution < 1.29 is 4.79 Å². The van der Waals surface area contributed by atoms with E-state index < -0.39 is 0 Å². The van der Waals surface area contributed by atoms with Gasteiger partial charge in [-0.25, -0.2) is 0 Å². The molecule has 0 saturated carbocycles. The molecule has 1 saturated heterocycles. The Morgan fingerprint density at radius 3 is 2.58 bits per heavy atom. The molecule has 1 fully saturated rings. The van der Waals surface area contributed by atoms with E-state index in [1.807, 2.05) is 0 Å². The zero-order valence-corrected chi connectivity index (χ0v) is 11.9. The molecule has 2 rings (SSSR count). The van der Waals surface area contributed by atoms with Crippen molar-refractivity contribution in [1.29, 1.82) is 0 Å². The lowest BCUT2D eigenvalue weighted by Gasteiger charge is -2.11. The quantitative estimate of drug-likeness (QED) is 0.806. The summed E-state index contributed by atoms with van der Waals surface area (Å²) >= 11 is 4.88. The van der Waals surface area contributed by atoms with E-state index in [-0.39, 0.29) is 5.91 Å². The molecule has 1 aliphatic heterocycles. The molecular weight excluding hydrogens is 258 g/mol. The largest absolute Gasteiger partial charge is 0.389 e. The summed E-state index contributed by atoms with van der Waals surface area (Å²) in [6, 6.07) is 7.07. The molecule has 4 nitrogen and oxygen atoms in total. The van der Waals surface area contributed by atoms with Gasteiger partial charge in [-0.2, -0.15) is 0 Å². The average molecular weight is 277 g/mol. The van der Waals surface area contributed by atoms with Crippen LogP contribution in [0.4, 0.5) is 0 Å². The Morgan fingerprint density at radius 2 is 2.05 bits per heavy atom. The van der Waals surface area contributed by atoms with E-state index in [9.17, 15) is 4.79 Å². The fourth-order valence-corrected chi connectivity index (χ4v) is 2.45. The predicted molar refractivity (Wildman–Crippen MR) is 80.3 cm³/mol. The molecule has 1 heterocycles. The molecule has 5 heteroatoms. The third-order valence-electron chi connectivity index (χ3n) is 3.47. The van der Waals surface area contributed by atoms with Crippen molar-refractivity contribution in [3.8, 4) is 0 Å². The summed E-state index contributed by atoms with van der Waals surface area (Å²) in [5.41, 5.74) is 6.95. The monoisotopic (exact) mass is 277 g/mol. The summed E-state index contributed by atoms with van der Waals surface area (Å²) in [6.45, 7) is 2.91. The van der Waals surface area contributed by atoms with Gasteiger partial charge in [0.15, 0.2) is 0 Å². The lowest BCUT2D eigenvalue weighted by Crippen LogP contribution is -2.30. The summed E-state index contributed by atoms with van der Waals surface area (Å²) in [5.74, 6) is 0.522. The third kappa shape index (κ3) is 3.75. The van der Waals surface area contributed by atoms with Gasteiger partial charge in [0.1, 0.15) is 4.99 Å². The minimum atomic E-state index is -0.0379. The number of carbonyl (C=O) groups excluding carboxylic acids is 1. The molecule has 0 bridgehead atoms. The smallest absolute Gasteiger partial charge is 0.251 e. The molecule has 0 radical (unpaired) electrons. The standard InChI is InChI=1S/C14H19N3OS/c1-17-7-6-10(9-17)8-16-14(18)12-4-2-11(3-5-12)13(15)19/h2-5,10H,6-9H2,1H3,(H2,15,19)(H,16,18). The van der Waals surface area contributed by atoms with Crippen LogP contribution in [0.15, 0.2) is 24.3 Å². The number of thiocarbonyl (C=S) groups is 1. The zero-order chi connectivity index (χ0) is 13.8. The first-order valence-corrected chi connectivity index (χ1v) is 6.83. The van der Waals surface area contributed by atoms with E-state index in [2.05, 4.69) is 17.3 Å². The van der Waals surface area contributed by atoms with E-state index in [4.69, 9.17) is 18.0 Å². The normalized spacial score (nSPS) is 19.3. The number of hydrogen-bond donors (Lipinski definition) is 2. The topological polar surface area (TPSA) is 58.4 Å². The molecule has 0 aliphatic carbocycles. The minimum absolute atomic E-state index is 0.0379. The molecule has 19 heavy (non-hydrogen) atoms. The summed E-state index contributed by atoms with van der Waals surface area (Å²) < 4.78 is 0. The van der Waals surface area contributed by atoms with Gasteiger partial charge in [0.25, 0.3) is 5.91 Å². The Balaban J connectivity index is 1.87. The van der Waals surface area contributed by atoms with Crippen LogP contribution in [0.5, 0.6) is 0 Å². The van der Waals surface area contributed by atoms with Gasteiger partial charge < -0.3 is 16.0 Å². The Labute approximate surface area is 119 Å². The second kappa shape index (κ2) is 6.12. The van der Waals surface area contributed by atoms with Gasteiger partial charge in [0, 0.05) is 24.2 Å². The van der Waals surface area contributed by atoms with Crippen molar-refractivity contribution in [2.75, 3.05) is 26.7 Å². The maximum atomic E-state index is 12.0. The van der Waals surface area contributed by atoms with Crippen LogP contribution >= 0.6 is 12.2 Å². The van der Waals surface area contributed by atoms with E-state index >= 15 is 0 Å². The molecule has 0 aromatic heterocycles. The fraction of sp³-hybridized carbons (Fsp3) is 0.429. The minimum Gasteiger partial charge on any atom is -0.389 e. The number of nitrogens with one attached hydrogen (secondary N) is 1. The molecule has 0 spiro atoms. The van der Waals surface area contributed by atoms with Gasteiger partial charge in [0.05, 0.1) is 0 Å². The van der Waals surface area contributed by atoms with Crippen LogP contribution in [0.1, 0.15) is 22.3 Å². The van der Waals surface area contributed by atoms with Crippen molar-refractivity contribution in [1.82, 2.24) is 10.2 Å². The second-order valence-corrected chi connectivity index (χ2v) is 5.51. The molecule has 1 aromatic carbocycles. The molecular formula is C14H19N3OS. The first-order chi connectivity index (χ1) is 9.06. The number of nitrogens with two attached hydrogens (primary N) is 1. The van der Waals surface area contributed by atoms with Gasteiger partial charge in [-0.3, -0.25) is 4.79 Å². The fourth-order valence-electron chi connectivity index (χ4n) is 2.32. The summed E-state index contributed by atoms with van der Waals surface area (Å²) in [7, 11) is 2.11.